The van der Waals surface area contributed by atoms with Crippen LogP contribution < -0.4 is 10.6 Å². The molecule has 0 bridgehead atoms. The Morgan fingerprint density at radius 1 is 1.24 bits per heavy atom. The van der Waals surface area contributed by atoms with E-state index in [4.69, 9.17) is 9.26 Å². The van der Waals surface area contributed by atoms with Crippen molar-refractivity contribution >= 4 is 6.09 Å². The lowest BCUT2D eigenvalue weighted by Crippen LogP contribution is -2.33. The molecule has 2 rings (SSSR count). The molecule has 0 saturated carbocycles. The molecule has 0 spiro atoms. The van der Waals surface area contributed by atoms with Gasteiger partial charge in [-0.1, -0.05) is 35.5 Å². The maximum absolute atomic E-state index is 11.7. The van der Waals surface area contributed by atoms with Crippen molar-refractivity contribution in [2.24, 2.45) is 0 Å². The molecule has 0 fully saturated rings. The Balaban J connectivity index is 1.81. The molecule has 0 aliphatic heterocycles. The molecule has 0 saturated heterocycles. The van der Waals surface area contributed by atoms with Crippen molar-refractivity contribution in [2.45, 2.75) is 51.8 Å². The molecule has 1 aromatic heterocycles. The van der Waals surface area contributed by atoms with Crippen molar-refractivity contribution in [1.29, 1.82) is 0 Å². The Labute approximate surface area is 148 Å². The van der Waals surface area contributed by atoms with E-state index in [1.165, 1.54) is 5.56 Å². The molecular weight excluding hydrogens is 318 g/mol. The Morgan fingerprint density at radius 3 is 2.64 bits per heavy atom. The van der Waals surface area contributed by atoms with Crippen LogP contribution in [0.5, 0.6) is 0 Å². The van der Waals surface area contributed by atoms with Gasteiger partial charge in [-0.25, -0.2) is 4.79 Å². The molecule has 2 N–H and O–H groups in total. The number of ether oxygens (including phenoxy) is 1. The number of amides is 1. The highest BCUT2D eigenvalue weighted by atomic mass is 16.6. The van der Waals surface area contributed by atoms with Gasteiger partial charge in [0.05, 0.1) is 5.69 Å². The molecule has 1 heterocycles. The van der Waals surface area contributed by atoms with E-state index < -0.39 is 5.60 Å². The van der Waals surface area contributed by atoms with Crippen LogP contribution in [0.15, 0.2) is 47.2 Å². The molecular formula is C19H27N3O3. The predicted octanol–water partition coefficient (Wildman–Crippen LogP) is 3.81. The average molecular weight is 345 g/mol. The second-order valence-corrected chi connectivity index (χ2v) is 6.91. The standard InChI is InChI=1S/C19H27N3O3/c1-19(2,3)25-18(23)20-12-7-10-17(15-8-5-4-6-9-15)21-14-16-11-13-24-22-16/h4-6,8-9,11,13,17,21H,7,10,12,14H2,1-3H3,(H,20,23). The van der Waals surface area contributed by atoms with Gasteiger partial charge < -0.3 is 19.9 Å². The summed E-state index contributed by atoms with van der Waals surface area (Å²) in [5, 5.41) is 10.2. The topological polar surface area (TPSA) is 76.4 Å². The van der Waals surface area contributed by atoms with Gasteiger partial charge in [-0.3, -0.25) is 0 Å². The van der Waals surface area contributed by atoms with E-state index in [1.807, 2.05) is 45.0 Å². The predicted molar refractivity (Wildman–Crippen MR) is 96.0 cm³/mol. The number of carbonyl (C=O) groups is 1. The number of benzene rings is 1. The van der Waals surface area contributed by atoms with Crippen molar-refractivity contribution < 1.29 is 14.1 Å². The summed E-state index contributed by atoms with van der Waals surface area (Å²) in [4.78, 5) is 11.7. The molecule has 1 unspecified atom stereocenters. The first-order chi connectivity index (χ1) is 11.9. The van der Waals surface area contributed by atoms with Crippen molar-refractivity contribution in [1.82, 2.24) is 15.8 Å². The smallest absolute Gasteiger partial charge is 0.407 e. The number of carbonyl (C=O) groups excluding carboxylic acids is 1. The van der Waals surface area contributed by atoms with Crippen LogP contribution in [0.25, 0.3) is 0 Å². The largest absolute Gasteiger partial charge is 0.444 e. The van der Waals surface area contributed by atoms with Gasteiger partial charge >= 0.3 is 6.09 Å². The Bertz CT molecular complexity index is 621. The fraction of sp³-hybridized carbons (Fsp3) is 0.474. The van der Waals surface area contributed by atoms with Crippen LogP contribution in [0.3, 0.4) is 0 Å². The lowest BCUT2D eigenvalue weighted by molar-refractivity contribution is 0.0526. The zero-order valence-corrected chi connectivity index (χ0v) is 15.1. The second-order valence-electron chi connectivity index (χ2n) is 6.91. The lowest BCUT2D eigenvalue weighted by Gasteiger charge is -2.21. The van der Waals surface area contributed by atoms with Crippen molar-refractivity contribution in [3.63, 3.8) is 0 Å². The molecule has 1 atom stereocenters. The maximum atomic E-state index is 11.7. The summed E-state index contributed by atoms with van der Waals surface area (Å²) in [6.07, 6.45) is 2.92. The van der Waals surface area contributed by atoms with Crippen LogP contribution in [-0.4, -0.2) is 23.4 Å². The van der Waals surface area contributed by atoms with Crippen LogP contribution in [0.1, 0.15) is 50.9 Å². The quantitative estimate of drug-likeness (QED) is 0.712. The first-order valence-electron chi connectivity index (χ1n) is 8.58. The highest BCUT2D eigenvalue weighted by molar-refractivity contribution is 5.67. The monoisotopic (exact) mass is 345 g/mol. The van der Waals surface area contributed by atoms with Gasteiger partial charge in [0, 0.05) is 25.2 Å². The van der Waals surface area contributed by atoms with Crippen LogP contribution in [0, 0.1) is 0 Å². The van der Waals surface area contributed by atoms with Gasteiger partial charge in [0.25, 0.3) is 0 Å². The van der Waals surface area contributed by atoms with Gasteiger partial charge in [-0.2, -0.15) is 0 Å². The Morgan fingerprint density at radius 2 is 2.00 bits per heavy atom. The zero-order chi connectivity index (χ0) is 18.1. The van der Waals surface area contributed by atoms with E-state index in [2.05, 4.69) is 27.9 Å². The molecule has 6 heteroatoms. The fourth-order valence-electron chi connectivity index (χ4n) is 2.44. The summed E-state index contributed by atoms with van der Waals surface area (Å²) < 4.78 is 10.1. The first-order valence-corrected chi connectivity index (χ1v) is 8.58. The molecule has 0 radical (unpaired) electrons. The van der Waals surface area contributed by atoms with E-state index in [0.717, 1.165) is 18.5 Å². The zero-order valence-electron chi connectivity index (χ0n) is 15.1. The van der Waals surface area contributed by atoms with Gasteiger partial charge in [0.2, 0.25) is 0 Å². The SMILES string of the molecule is CC(C)(C)OC(=O)NCCCC(NCc1ccon1)c1ccccc1. The summed E-state index contributed by atoms with van der Waals surface area (Å²) in [5.41, 5.74) is 1.60. The number of aromatic nitrogens is 1. The fourth-order valence-corrected chi connectivity index (χ4v) is 2.44. The molecule has 136 valence electrons. The van der Waals surface area contributed by atoms with Gasteiger partial charge in [0.1, 0.15) is 11.9 Å². The van der Waals surface area contributed by atoms with Crippen LogP contribution in [0.4, 0.5) is 4.79 Å². The van der Waals surface area contributed by atoms with Crippen LogP contribution >= 0.6 is 0 Å². The van der Waals surface area contributed by atoms with E-state index in [9.17, 15) is 4.79 Å². The molecule has 25 heavy (non-hydrogen) atoms. The summed E-state index contributed by atoms with van der Waals surface area (Å²) >= 11 is 0. The number of hydrogen-bond acceptors (Lipinski definition) is 5. The average Bonchev–Trinajstić information content (AvgIpc) is 3.07. The van der Waals surface area contributed by atoms with E-state index in [-0.39, 0.29) is 12.1 Å². The van der Waals surface area contributed by atoms with E-state index >= 15 is 0 Å². The van der Waals surface area contributed by atoms with E-state index in [0.29, 0.717) is 13.1 Å². The number of hydrogen-bond donors (Lipinski definition) is 2. The van der Waals surface area contributed by atoms with Crippen molar-refractivity contribution in [3.8, 4) is 0 Å². The van der Waals surface area contributed by atoms with Crippen LogP contribution in [0.2, 0.25) is 0 Å². The minimum atomic E-state index is -0.476. The minimum Gasteiger partial charge on any atom is -0.444 e. The third kappa shape index (κ3) is 7.39. The summed E-state index contributed by atoms with van der Waals surface area (Å²) in [5.74, 6) is 0. The molecule has 6 nitrogen and oxygen atoms in total. The summed E-state index contributed by atoms with van der Waals surface area (Å²) in [6, 6.07) is 12.3. The number of nitrogens with zero attached hydrogens (tertiary/aromatic N) is 1. The minimum absolute atomic E-state index is 0.179. The highest BCUT2D eigenvalue weighted by Gasteiger charge is 2.16. The second kappa shape index (κ2) is 9.22. The Hall–Kier alpha value is -2.34. The van der Waals surface area contributed by atoms with Gasteiger partial charge in [0.15, 0.2) is 0 Å². The molecule has 1 aromatic carbocycles. The third-order valence-electron chi connectivity index (χ3n) is 3.56. The van der Waals surface area contributed by atoms with Gasteiger partial charge in [-0.05, 0) is 39.2 Å². The molecule has 0 aliphatic carbocycles. The first kappa shape index (κ1) is 19.0. The van der Waals surface area contributed by atoms with Crippen molar-refractivity contribution in [3.05, 3.63) is 53.9 Å². The van der Waals surface area contributed by atoms with Crippen molar-refractivity contribution in [2.75, 3.05) is 6.54 Å². The molecule has 1 amide bonds. The summed E-state index contributed by atoms with van der Waals surface area (Å²) in [6.45, 7) is 6.77. The number of alkyl carbamates (subject to hydrolysis) is 1. The summed E-state index contributed by atoms with van der Waals surface area (Å²) in [7, 11) is 0. The maximum Gasteiger partial charge on any atom is 0.407 e. The number of rotatable bonds is 8. The highest BCUT2D eigenvalue weighted by Crippen LogP contribution is 2.18. The normalized spacial score (nSPS) is 12.6. The van der Waals surface area contributed by atoms with Crippen LogP contribution in [-0.2, 0) is 11.3 Å². The Kier molecular flexibility index (Phi) is 7.01. The molecule has 0 aliphatic rings. The third-order valence-corrected chi connectivity index (χ3v) is 3.56. The van der Waals surface area contributed by atoms with E-state index in [1.54, 1.807) is 6.26 Å². The van der Waals surface area contributed by atoms with Gasteiger partial charge in [-0.15, -0.1) is 0 Å². The lowest BCUT2D eigenvalue weighted by atomic mass is 10.0. The number of nitrogens with one attached hydrogen (secondary N) is 2. The molecule has 2 aromatic rings.